The van der Waals surface area contributed by atoms with Gasteiger partial charge in [-0.05, 0) is 60.7 Å². The lowest BCUT2D eigenvalue weighted by Gasteiger charge is -2.11. The van der Waals surface area contributed by atoms with Crippen LogP contribution in [0.5, 0.6) is 11.8 Å². The molecule has 0 aliphatic carbocycles. The Balaban J connectivity index is 1.44. The monoisotopic (exact) mass is 495 g/mol. The zero-order valence-electron chi connectivity index (χ0n) is 18.9. The number of benzene rings is 4. The molecule has 0 spiro atoms. The van der Waals surface area contributed by atoms with Gasteiger partial charge >= 0.3 is 6.01 Å². The molecule has 9 heteroatoms. The van der Waals surface area contributed by atoms with Crippen LogP contribution in [0.1, 0.15) is 0 Å². The van der Waals surface area contributed by atoms with Gasteiger partial charge in [-0.2, -0.15) is 15.0 Å². The van der Waals surface area contributed by atoms with Gasteiger partial charge < -0.3 is 15.8 Å². The van der Waals surface area contributed by atoms with Gasteiger partial charge in [0.05, 0.1) is 9.79 Å². The van der Waals surface area contributed by atoms with Crippen molar-refractivity contribution in [3.63, 3.8) is 0 Å². The van der Waals surface area contributed by atoms with Crippen molar-refractivity contribution >= 4 is 27.2 Å². The quantitative estimate of drug-likeness (QED) is 0.284. The van der Waals surface area contributed by atoms with E-state index in [4.69, 9.17) is 10.5 Å². The number of nitrogens with two attached hydrogens (primary N) is 1. The molecular weight excluding hydrogens is 474 g/mol. The minimum atomic E-state index is -3.67. The van der Waals surface area contributed by atoms with E-state index in [0.717, 1.165) is 5.56 Å². The van der Waals surface area contributed by atoms with E-state index < -0.39 is 9.84 Å². The Labute approximate surface area is 208 Å². The van der Waals surface area contributed by atoms with Gasteiger partial charge in [0.1, 0.15) is 5.75 Å². The summed E-state index contributed by atoms with van der Waals surface area (Å²) in [6.45, 7) is 0. The van der Waals surface area contributed by atoms with Crippen molar-refractivity contribution in [1.82, 2.24) is 15.0 Å². The normalized spacial score (nSPS) is 11.1. The maximum Gasteiger partial charge on any atom is 0.327 e. The number of nitrogen functional groups attached to an aromatic ring is 1. The lowest BCUT2D eigenvalue weighted by molar-refractivity contribution is 0.441. The summed E-state index contributed by atoms with van der Waals surface area (Å²) in [5, 5.41) is 3.11. The maximum absolute atomic E-state index is 12.9. The molecule has 0 saturated carbocycles. The SMILES string of the molecule is Nc1ccc(S(=O)(=O)c2ccc(Nc3nc(Oc4ccccc4)nc(-c4ccccc4)n3)cc2)cc1. The van der Waals surface area contributed by atoms with Crippen LogP contribution in [0.15, 0.2) is 119 Å². The number of ether oxygens (including phenoxy) is 1. The van der Waals surface area contributed by atoms with Crippen LogP contribution in [0.25, 0.3) is 11.4 Å². The third-order valence-corrected chi connectivity index (χ3v) is 7.00. The van der Waals surface area contributed by atoms with E-state index in [2.05, 4.69) is 20.3 Å². The van der Waals surface area contributed by atoms with Gasteiger partial charge in [0.15, 0.2) is 5.82 Å². The van der Waals surface area contributed by atoms with Crippen molar-refractivity contribution in [2.75, 3.05) is 11.1 Å². The second-order valence-corrected chi connectivity index (χ2v) is 9.72. The molecular formula is C27H21N5O3S. The van der Waals surface area contributed by atoms with E-state index in [1.165, 1.54) is 24.3 Å². The van der Waals surface area contributed by atoms with E-state index >= 15 is 0 Å². The van der Waals surface area contributed by atoms with E-state index in [0.29, 0.717) is 22.9 Å². The molecule has 5 rings (SSSR count). The van der Waals surface area contributed by atoms with Crippen LogP contribution in [0.4, 0.5) is 17.3 Å². The smallest absolute Gasteiger partial charge is 0.327 e. The molecule has 0 aliphatic rings. The molecule has 1 aromatic heterocycles. The van der Waals surface area contributed by atoms with Crippen LogP contribution in [-0.4, -0.2) is 23.4 Å². The average molecular weight is 496 g/mol. The average Bonchev–Trinajstić information content (AvgIpc) is 2.90. The molecule has 5 aromatic rings. The first-order valence-corrected chi connectivity index (χ1v) is 12.5. The van der Waals surface area contributed by atoms with E-state index in [1.54, 1.807) is 36.4 Å². The Morgan fingerprint density at radius 2 is 1.25 bits per heavy atom. The fourth-order valence-corrected chi connectivity index (χ4v) is 4.66. The van der Waals surface area contributed by atoms with Crippen molar-refractivity contribution in [2.24, 2.45) is 0 Å². The Morgan fingerprint density at radius 1 is 0.667 bits per heavy atom. The van der Waals surface area contributed by atoms with Crippen molar-refractivity contribution < 1.29 is 13.2 Å². The van der Waals surface area contributed by atoms with Gasteiger partial charge in [0.25, 0.3) is 0 Å². The van der Waals surface area contributed by atoms with Gasteiger partial charge in [0.2, 0.25) is 15.8 Å². The molecule has 3 N–H and O–H groups in total. The minimum absolute atomic E-state index is 0.125. The Hall–Kier alpha value is -4.76. The fourth-order valence-electron chi connectivity index (χ4n) is 3.40. The van der Waals surface area contributed by atoms with Gasteiger partial charge in [-0.3, -0.25) is 0 Å². The number of hydrogen-bond acceptors (Lipinski definition) is 8. The van der Waals surface area contributed by atoms with Crippen LogP contribution >= 0.6 is 0 Å². The molecule has 4 aromatic carbocycles. The highest BCUT2D eigenvalue weighted by Gasteiger charge is 2.17. The summed E-state index contributed by atoms with van der Waals surface area (Å²) in [6, 6.07) is 31.2. The molecule has 36 heavy (non-hydrogen) atoms. The summed E-state index contributed by atoms with van der Waals surface area (Å²) in [4.78, 5) is 13.7. The lowest BCUT2D eigenvalue weighted by Crippen LogP contribution is -2.04. The molecule has 0 fully saturated rings. The third-order valence-electron chi connectivity index (χ3n) is 5.21. The minimum Gasteiger partial charge on any atom is -0.424 e. The molecule has 8 nitrogen and oxygen atoms in total. The highest BCUT2D eigenvalue weighted by atomic mass is 32.2. The van der Waals surface area contributed by atoms with E-state index in [9.17, 15) is 8.42 Å². The number of sulfone groups is 1. The van der Waals surface area contributed by atoms with Gasteiger partial charge in [-0.1, -0.05) is 48.5 Å². The molecule has 0 atom stereocenters. The van der Waals surface area contributed by atoms with Crippen LogP contribution in [-0.2, 0) is 9.84 Å². The van der Waals surface area contributed by atoms with Crippen molar-refractivity contribution in [2.45, 2.75) is 9.79 Å². The molecule has 1 heterocycles. The second kappa shape index (κ2) is 9.85. The summed E-state index contributed by atoms with van der Waals surface area (Å²) in [7, 11) is -3.67. The highest BCUT2D eigenvalue weighted by molar-refractivity contribution is 7.91. The number of anilines is 3. The van der Waals surface area contributed by atoms with Crippen LogP contribution in [0, 0.1) is 0 Å². The summed E-state index contributed by atoms with van der Waals surface area (Å²) in [5.74, 6) is 1.27. The molecule has 0 bridgehead atoms. The predicted octanol–water partition coefficient (Wildman–Crippen LogP) is 5.49. The zero-order valence-corrected chi connectivity index (χ0v) is 19.8. The molecule has 178 valence electrons. The van der Waals surface area contributed by atoms with Crippen LogP contribution < -0.4 is 15.8 Å². The van der Waals surface area contributed by atoms with Crippen LogP contribution in [0.2, 0.25) is 0 Å². The zero-order chi connectivity index (χ0) is 25.0. The molecule has 0 radical (unpaired) electrons. The Bertz CT molecular complexity index is 1580. The summed E-state index contributed by atoms with van der Waals surface area (Å²) >= 11 is 0. The first kappa shape index (κ1) is 23.0. The standard InChI is InChI=1S/C27H21N5O3S/c28-20-11-15-23(16-12-20)36(33,34)24-17-13-21(14-18-24)29-26-30-25(19-7-3-1-4-8-19)31-27(32-26)35-22-9-5-2-6-10-22/h1-18H,28H2,(H,29,30,31,32). The van der Waals surface area contributed by atoms with Crippen molar-refractivity contribution in [3.8, 4) is 23.1 Å². The van der Waals surface area contributed by atoms with Gasteiger partial charge in [-0.15, -0.1) is 0 Å². The number of nitrogens with zero attached hydrogens (tertiary/aromatic N) is 3. The number of hydrogen-bond donors (Lipinski definition) is 2. The Morgan fingerprint density at radius 3 is 1.89 bits per heavy atom. The van der Waals surface area contributed by atoms with Gasteiger partial charge in [0, 0.05) is 16.9 Å². The summed E-state index contributed by atoms with van der Waals surface area (Å²) < 4.78 is 31.7. The molecule has 0 aliphatic heterocycles. The first-order chi connectivity index (χ1) is 17.5. The van der Waals surface area contributed by atoms with Crippen molar-refractivity contribution in [1.29, 1.82) is 0 Å². The molecule has 0 unspecified atom stereocenters. The van der Waals surface area contributed by atoms with Crippen molar-refractivity contribution in [3.05, 3.63) is 109 Å². The van der Waals surface area contributed by atoms with Gasteiger partial charge in [-0.25, -0.2) is 8.42 Å². The van der Waals surface area contributed by atoms with E-state index in [-0.39, 0.29) is 21.7 Å². The summed E-state index contributed by atoms with van der Waals surface area (Å²) in [6.07, 6.45) is 0. The topological polar surface area (TPSA) is 120 Å². The highest BCUT2D eigenvalue weighted by Crippen LogP contribution is 2.26. The Kier molecular flexibility index (Phi) is 6.29. The maximum atomic E-state index is 12.9. The number of nitrogens with one attached hydrogen (secondary N) is 1. The number of rotatable bonds is 7. The molecule has 0 saturated heterocycles. The second-order valence-electron chi connectivity index (χ2n) is 7.77. The number of para-hydroxylation sites is 1. The summed E-state index contributed by atoms with van der Waals surface area (Å²) in [5.41, 5.74) is 7.57. The predicted molar refractivity (Wildman–Crippen MR) is 138 cm³/mol. The number of aromatic nitrogens is 3. The van der Waals surface area contributed by atoms with E-state index in [1.807, 2.05) is 48.5 Å². The fraction of sp³-hybridized carbons (Fsp3) is 0. The third kappa shape index (κ3) is 5.16. The first-order valence-electron chi connectivity index (χ1n) is 11.0. The van der Waals surface area contributed by atoms with Crippen LogP contribution in [0.3, 0.4) is 0 Å². The largest absolute Gasteiger partial charge is 0.424 e. The lowest BCUT2D eigenvalue weighted by atomic mass is 10.2. The molecule has 0 amide bonds.